The van der Waals surface area contributed by atoms with Crippen LogP contribution in [0.4, 0.5) is 5.69 Å². The summed E-state index contributed by atoms with van der Waals surface area (Å²) in [5, 5.41) is 3.20. The summed E-state index contributed by atoms with van der Waals surface area (Å²) < 4.78 is 2.19. The van der Waals surface area contributed by atoms with E-state index in [4.69, 9.17) is 0 Å². The molecule has 0 atom stereocenters. The Balaban J connectivity index is 0.00000144. The number of nitrogens with zero attached hydrogens (tertiary/aromatic N) is 1. The van der Waals surface area contributed by atoms with E-state index in [1.54, 1.807) is 0 Å². The highest BCUT2D eigenvalue weighted by Gasteiger charge is 2.05. The van der Waals surface area contributed by atoms with E-state index in [9.17, 15) is 0 Å². The van der Waals surface area contributed by atoms with Crippen molar-refractivity contribution in [1.29, 1.82) is 0 Å². The lowest BCUT2D eigenvalue weighted by atomic mass is 10.2. The van der Waals surface area contributed by atoms with E-state index < -0.39 is 0 Å². The van der Waals surface area contributed by atoms with Gasteiger partial charge in [-0.1, -0.05) is 30.3 Å². The van der Waals surface area contributed by atoms with E-state index >= 15 is 0 Å². The summed E-state index contributed by atoms with van der Waals surface area (Å²) in [5.74, 6) is 0. The molecule has 0 saturated heterocycles. The minimum absolute atomic E-state index is 0. The minimum Gasteiger partial charge on any atom is -0.383 e. The number of aromatic nitrogens is 1. The van der Waals surface area contributed by atoms with Gasteiger partial charge in [-0.2, -0.15) is 4.57 Å². The highest BCUT2D eigenvalue weighted by atomic mass is 15.0. The second kappa shape index (κ2) is 6.04. The van der Waals surface area contributed by atoms with Crippen molar-refractivity contribution in [2.45, 2.75) is 13.5 Å². The van der Waals surface area contributed by atoms with Crippen molar-refractivity contribution in [3.05, 3.63) is 67.3 Å². The molecule has 0 unspecified atom stereocenters. The quantitative estimate of drug-likeness (QED) is 0.631. The maximum Gasteiger partial charge on any atom is 0.192 e. The van der Waals surface area contributed by atoms with E-state index in [-0.39, 0.29) is 7.43 Å². The van der Waals surface area contributed by atoms with E-state index in [0.717, 1.165) is 6.54 Å². The minimum atomic E-state index is 0. The van der Waals surface area contributed by atoms with Crippen LogP contribution in [0.3, 0.4) is 0 Å². The van der Waals surface area contributed by atoms with Gasteiger partial charge in [0.05, 0.1) is 0 Å². The van der Waals surface area contributed by atoms with Crippen molar-refractivity contribution in [2.75, 3.05) is 12.4 Å². The number of nitrogens with one attached hydrogen (secondary N) is 1. The summed E-state index contributed by atoms with van der Waals surface area (Å²) in [4.78, 5) is 0. The Hall–Kier alpha value is -1.83. The zero-order chi connectivity index (χ0) is 11.4. The molecule has 0 saturated carbocycles. The molecular weight excluding hydrogens is 208 g/mol. The molecule has 2 rings (SSSR count). The van der Waals surface area contributed by atoms with Crippen LogP contribution in [0.5, 0.6) is 0 Å². The van der Waals surface area contributed by atoms with Gasteiger partial charge in [0.25, 0.3) is 0 Å². The SMILES string of the molecule is CNc1c[n+](Cc2ccccc2)ccc1C.[CH3-]. The molecule has 1 aromatic heterocycles. The Morgan fingerprint density at radius 2 is 1.82 bits per heavy atom. The van der Waals surface area contributed by atoms with Gasteiger partial charge in [-0.25, -0.2) is 0 Å². The fourth-order valence-corrected chi connectivity index (χ4v) is 1.76. The summed E-state index contributed by atoms with van der Waals surface area (Å²) >= 11 is 0. The van der Waals surface area contributed by atoms with Gasteiger partial charge in [0, 0.05) is 18.7 Å². The molecule has 0 bridgehead atoms. The molecule has 1 N–H and O–H groups in total. The van der Waals surface area contributed by atoms with E-state index in [0.29, 0.717) is 0 Å². The molecule has 0 aliphatic heterocycles. The van der Waals surface area contributed by atoms with Crippen molar-refractivity contribution in [3.63, 3.8) is 0 Å². The number of rotatable bonds is 3. The molecule has 1 aromatic carbocycles. The zero-order valence-corrected chi connectivity index (χ0v) is 10.8. The van der Waals surface area contributed by atoms with Crippen LogP contribution in [0.1, 0.15) is 11.1 Å². The van der Waals surface area contributed by atoms with Crippen molar-refractivity contribution < 1.29 is 4.57 Å². The van der Waals surface area contributed by atoms with Crippen molar-refractivity contribution in [2.24, 2.45) is 0 Å². The number of hydrogen-bond donors (Lipinski definition) is 1. The molecule has 0 amide bonds. The lowest BCUT2D eigenvalue weighted by Gasteiger charge is -2.03. The highest BCUT2D eigenvalue weighted by Crippen LogP contribution is 2.09. The first-order valence-corrected chi connectivity index (χ1v) is 5.51. The summed E-state index contributed by atoms with van der Waals surface area (Å²) in [6, 6.07) is 12.6. The molecule has 0 aliphatic rings. The van der Waals surface area contributed by atoms with Gasteiger partial charge in [0.15, 0.2) is 18.9 Å². The number of benzene rings is 1. The predicted octanol–water partition coefficient (Wildman–Crippen LogP) is 2.82. The Kier molecular flexibility index (Phi) is 4.70. The predicted molar refractivity (Wildman–Crippen MR) is 72.9 cm³/mol. The smallest absolute Gasteiger partial charge is 0.192 e. The normalized spacial score (nSPS) is 9.53. The monoisotopic (exact) mass is 228 g/mol. The topological polar surface area (TPSA) is 15.9 Å². The van der Waals surface area contributed by atoms with Gasteiger partial charge in [-0.3, -0.25) is 0 Å². The van der Waals surface area contributed by atoms with Crippen molar-refractivity contribution in [3.8, 4) is 0 Å². The Labute approximate surface area is 104 Å². The van der Waals surface area contributed by atoms with Crippen LogP contribution in [0.2, 0.25) is 0 Å². The van der Waals surface area contributed by atoms with Gasteiger partial charge in [0.1, 0.15) is 5.69 Å². The fourth-order valence-electron chi connectivity index (χ4n) is 1.76. The van der Waals surface area contributed by atoms with Crippen molar-refractivity contribution >= 4 is 5.69 Å². The average Bonchev–Trinajstić information content (AvgIpc) is 2.33. The third kappa shape index (κ3) is 3.31. The van der Waals surface area contributed by atoms with Crippen LogP contribution in [0.25, 0.3) is 0 Å². The molecule has 90 valence electrons. The fraction of sp³-hybridized carbons (Fsp3) is 0.200. The molecule has 2 aromatic rings. The largest absolute Gasteiger partial charge is 0.383 e. The molecule has 2 heteroatoms. The maximum atomic E-state index is 3.20. The van der Waals surface area contributed by atoms with Crippen LogP contribution in [0, 0.1) is 14.4 Å². The first kappa shape index (κ1) is 13.2. The summed E-state index contributed by atoms with van der Waals surface area (Å²) in [7, 11) is 1.95. The van der Waals surface area contributed by atoms with Gasteiger partial charge < -0.3 is 12.7 Å². The first-order valence-electron chi connectivity index (χ1n) is 5.51. The molecule has 0 radical (unpaired) electrons. The lowest BCUT2D eigenvalue weighted by molar-refractivity contribution is -0.687. The number of anilines is 1. The standard InChI is InChI=1S/C14H17N2.CH3/c1-12-8-9-16(11-14(12)15-2)10-13-6-4-3-5-7-13;/h3-9,11,15H,10H2,1-2H3;1H3/q+1;-1. The third-order valence-electron chi connectivity index (χ3n) is 2.71. The maximum absolute atomic E-state index is 3.20. The van der Waals surface area contributed by atoms with Crippen molar-refractivity contribution in [1.82, 2.24) is 0 Å². The van der Waals surface area contributed by atoms with Gasteiger partial charge >= 0.3 is 0 Å². The van der Waals surface area contributed by atoms with E-state index in [2.05, 4.69) is 59.5 Å². The van der Waals surface area contributed by atoms with Crippen LogP contribution in [0.15, 0.2) is 48.8 Å². The summed E-state index contributed by atoms with van der Waals surface area (Å²) in [6.45, 7) is 3.02. The Morgan fingerprint density at radius 3 is 2.47 bits per heavy atom. The summed E-state index contributed by atoms with van der Waals surface area (Å²) in [5.41, 5.74) is 3.77. The molecule has 17 heavy (non-hydrogen) atoms. The number of aryl methyl sites for hydroxylation is 1. The molecule has 0 fully saturated rings. The highest BCUT2D eigenvalue weighted by molar-refractivity contribution is 5.45. The zero-order valence-electron chi connectivity index (χ0n) is 10.8. The molecule has 1 heterocycles. The van der Waals surface area contributed by atoms with Gasteiger partial charge in [0.2, 0.25) is 0 Å². The van der Waals surface area contributed by atoms with Crippen LogP contribution < -0.4 is 9.88 Å². The molecule has 0 aliphatic carbocycles. The van der Waals surface area contributed by atoms with Crippen LogP contribution >= 0.6 is 0 Å². The lowest BCUT2D eigenvalue weighted by Crippen LogP contribution is -2.33. The second-order valence-electron chi connectivity index (χ2n) is 3.95. The second-order valence-corrected chi connectivity index (χ2v) is 3.95. The van der Waals surface area contributed by atoms with E-state index in [1.165, 1.54) is 16.8 Å². The Morgan fingerprint density at radius 1 is 1.12 bits per heavy atom. The van der Waals surface area contributed by atoms with Crippen LogP contribution in [-0.4, -0.2) is 7.05 Å². The average molecular weight is 228 g/mol. The molecule has 2 nitrogen and oxygen atoms in total. The van der Waals surface area contributed by atoms with E-state index in [1.807, 2.05) is 13.1 Å². The molecular formula is C15H20N2. The first-order chi connectivity index (χ1) is 7.79. The van der Waals surface area contributed by atoms with Gasteiger partial charge in [-0.05, 0) is 12.5 Å². The van der Waals surface area contributed by atoms with Gasteiger partial charge in [-0.15, -0.1) is 0 Å². The number of hydrogen-bond acceptors (Lipinski definition) is 1. The Bertz CT molecular complexity index is 464. The molecule has 0 spiro atoms. The number of pyridine rings is 1. The summed E-state index contributed by atoms with van der Waals surface area (Å²) in [6.07, 6.45) is 4.26. The van der Waals surface area contributed by atoms with Crippen LogP contribution in [-0.2, 0) is 6.54 Å². The third-order valence-corrected chi connectivity index (χ3v) is 2.71.